The largest absolute Gasteiger partial charge is 0.458 e. The fraction of sp³-hybridized carbons (Fsp3) is 0.769. The zero-order valence-corrected chi connectivity index (χ0v) is 13.5. The molecule has 0 aromatic heterocycles. The summed E-state index contributed by atoms with van der Waals surface area (Å²) in [5, 5.41) is -0.491. The normalized spacial score (nSPS) is 20.0. The molecule has 0 saturated carbocycles. The summed E-state index contributed by atoms with van der Waals surface area (Å²) in [6, 6.07) is -0.929. The molecule has 0 radical (unpaired) electrons. The molecule has 2 amide bonds. The first-order valence-corrected chi connectivity index (χ1v) is 7.31. The standard InChI is InChI=1S/C13H21NO5S/c1-12(2,3)18-9(15)8-7-20-11(17)14(8)10(16)19-13(4,5)6/h8H,7H2,1-6H3/t8-/m0/s1. The van der Waals surface area contributed by atoms with E-state index < -0.39 is 34.5 Å². The van der Waals surface area contributed by atoms with Crippen LogP contribution in [0.15, 0.2) is 0 Å². The van der Waals surface area contributed by atoms with Crippen LogP contribution in [0.3, 0.4) is 0 Å². The second-order valence-electron chi connectivity index (χ2n) is 6.48. The summed E-state index contributed by atoms with van der Waals surface area (Å²) in [4.78, 5) is 36.7. The van der Waals surface area contributed by atoms with E-state index in [1.54, 1.807) is 41.5 Å². The summed E-state index contributed by atoms with van der Waals surface area (Å²) in [5.74, 6) is -0.408. The minimum absolute atomic E-state index is 0.187. The Labute approximate surface area is 123 Å². The number of esters is 1. The van der Waals surface area contributed by atoms with Gasteiger partial charge in [-0.25, -0.2) is 14.5 Å². The molecule has 1 atom stereocenters. The molecular formula is C13H21NO5S. The smallest absolute Gasteiger partial charge is 0.418 e. The highest BCUT2D eigenvalue weighted by Crippen LogP contribution is 2.28. The van der Waals surface area contributed by atoms with E-state index in [0.29, 0.717) is 0 Å². The van der Waals surface area contributed by atoms with Crippen molar-refractivity contribution in [1.82, 2.24) is 4.90 Å². The molecule has 0 unspecified atom stereocenters. The van der Waals surface area contributed by atoms with Gasteiger partial charge in [-0.1, -0.05) is 11.8 Å². The summed E-state index contributed by atoms with van der Waals surface area (Å²) in [6.07, 6.45) is -0.816. The van der Waals surface area contributed by atoms with Crippen molar-refractivity contribution in [2.24, 2.45) is 0 Å². The van der Waals surface area contributed by atoms with Crippen LogP contribution < -0.4 is 0 Å². The van der Waals surface area contributed by atoms with Gasteiger partial charge in [0.05, 0.1) is 0 Å². The van der Waals surface area contributed by atoms with Crippen LogP contribution in [-0.2, 0) is 14.3 Å². The second kappa shape index (κ2) is 5.63. The van der Waals surface area contributed by atoms with Gasteiger partial charge in [0, 0.05) is 5.75 Å². The first-order chi connectivity index (χ1) is 8.91. The molecule has 7 heteroatoms. The van der Waals surface area contributed by atoms with Gasteiger partial charge in [0.1, 0.15) is 11.2 Å². The van der Waals surface area contributed by atoms with Crippen molar-refractivity contribution in [2.75, 3.05) is 5.75 Å². The van der Waals surface area contributed by atoms with Gasteiger partial charge in [0.15, 0.2) is 6.04 Å². The summed E-state index contributed by atoms with van der Waals surface area (Å²) < 4.78 is 10.4. The third-order valence-electron chi connectivity index (χ3n) is 2.14. The van der Waals surface area contributed by atoms with Crippen molar-refractivity contribution in [3.05, 3.63) is 0 Å². The van der Waals surface area contributed by atoms with Crippen molar-refractivity contribution in [3.63, 3.8) is 0 Å². The number of ether oxygens (including phenoxy) is 2. The zero-order valence-electron chi connectivity index (χ0n) is 12.7. The number of carbonyl (C=O) groups excluding carboxylic acids is 3. The molecule has 1 aliphatic heterocycles. The fourth-order valence-electron chi connectivity index (χ4n) is 1.48. The molecule has 1 saturated heterocycles. The number of carbonyl (C=O) groups is 3. The van der Waals surface area contributed by atoms with Gasteiger partial charge in [-0.3, -0.25) is 4.79 Å². The van der Waals surface area contributed by atoms with Crippen LogP contribution in [0.25, 0.3) is 0 Å². The van der Waals surface area contributed by atoms with E-state index in [1.807, 2.05) is 0 Å². The summed E-state index contributed by atoms with van der Waals surface area (Å²) in [7, 11) is 0. The lowest BCUT2D eigenvalue weighted by atomic mass is 10.2. The molecule has 1 aliphatic rings. The Hall–Kier alpha value is -1.24. The first-order valence-electron chi connectivity index (χ1n) is 6.32. The monoisotopic (exact) mass is 303 g/mol. The average Bonchev–Trinajstić information content (AvgIpc) is 2.54. The van der Waals surface area contributed by atoms with Gasteiger partial charge in [-0.2, -0.15) is 0 Å². The molecule has 0 aliphatic carbocycles. The molecule has 1 fully saturated rings. The van der Waals surface area contributed by atoms with Gasteiger partial charge in [-0.15, -0.1) is 0 Å². The molecule has 0 N–H and O–H groups in total. The Morgan fingerprint density at radius 2 is 1.60 bits per heavy atom. The lowest BCUT2D eigenvalue weighted by molar-refractivity contribution is -0.158. The molecule has 0 aromatic rings. The molecule has 0 aromatic carbocycles. The molecular weight excluding hydrogens is 282 g/mol. The van der Waals surface area contributed by atoms with Crippen LogP contribution in [0.2, 0.25) is 0 Å². The fourth-order valence-corrected chi connectivity index (χ4v) is 2.40. The SMILES string of the molecule is CC(C)(C)OC(=O)[C@@H]1CSC(=O)N1C(=O)OC(C)(C)C. The maximum Gasteiger partial charge on any atom is 0.418 e. The Morgan fingerprint density at radius 3 is 2.05 bits per heavy atom. The van der Waals surface area contributed by atoms with Crippen molar-refractivity contribution < 1.29 is 23.9 Å². The minimum Gasteiger partial charge on any atom is -0.458 e. The van der Waals surface area contributed by atoms with E-state index >= 15 is 0 Å². The molecule has 0 bridgehead atoms. The lowest BCUT2D eigenvalue weighted by Crippen LogP contribution is -2.47. The van der Waals surface area contributed by atoms with Crippen LogP contribution in [0.1, 0.15) is 41.5 Å². The van der Waals surface area contributed by atoms with Gasteiger partial charge in [0.25, 0.3) is 5.24 Å². The molecule has 1 heterocycles. The number of rotatable bonds is 1. The second-order valence-corrected chi connectivity index (χ2v) is 7.45. The lowest BCUT2D eigenvalue weighted by Gasteiger charge is -2.28. The number of hydrogen-bond donors (Lipinski definition) is 0. The summed E-state index contributed by atoms with van der Waals surface area (Å²) in [5.41, 5.74) is -1.41. The minimum atomic E-state index is -0.929. The zero-order chi connectivity index (χ0) is 15.7. The third kappa shape index (κ3) is 4.70. The van der Waals surface area contributed by atoms with Crippen LogP contribution in [0.4, 0.5) is 9.59 Å². The van der Waals surface area contributed by atoms with Crippen LogP contribution in [0, 0.1) is 0 Å². The van der Waals surface area contributed by atoms with Gasteiger partial charge < -0.3 is 9.47 Å². The van der Waals surface area contributed by atoms with Gasteiger partial charge >= 0.3 is 12.1 Å². The molecule has 20 heavy (non-hydrogen) atoms. The number of imide groups is 1. The highest BCUT2D eigenvalue weighted by Gasteiger charge is 2.45. The van der Waals surface area contributed by atoms with E-state index in [-0.39, 0.29) is 5.75 Å². The maximum atomic E-state index is 12.0. The highest BCUT2D eigenvalue weighted by atomic mass is 32.2. The van der Waals surface area contributed by atoms with Crippen molar-refractivity contribution in [1.29, 1.82) is 0 Å². The number of hydrogen-bond acceptors (Lipinski definition) is 6. The van der Waals surface area contributed by atoms with E-state index in [1.165, 1.54) is 0 Å². The Bertz CT molecular complexity index is 421. The predicted molar refractivity (Wildman–Crippen MR) is 75.6 cm³/mol. The molecule has 114 valence electrons. The van der Waals surface area contributed by atoms with Crippen molar-refractivity contribution in [2.45, 2.75) is 58.8 Å². The Balaban J connectivity index is 2.84. The average molecular weight is 303 g/mol. The summed E-state index contributed by atoms with van der Waals surface area (Å²) >= 11 is 0.907. The summed E-state index contributed by atoms with van der Waals surface area (Å²) in [6.45, 7) is 10.3. The number of thioether (sulfide) groups is 1. The van der Waals surface area contributed by atoms with E-state index in [9.17, 15) is 14.4 Å². The molecule has 6 nitrogen and oxygen atoms in total. The van der Waals surface area contributed by atoms with E-state index in [2.05, 4.69) is 0 Å². The number of amides is 2. The van der Waals surface area contributed by atoms with E-state index in [4.69, 9.17) is 9.47 Å². The topological polar surface area (TPSA) is 72.9 Å². The Kier molecular flexibility index (Phi) is 4.74. The Morgan fingerprint density at radius 1 is 1.10 bits per heavy atom. The molecule has 1 rings (SSSR count). The first kappa shape index (κ1) is 16.8. The third-order valence-corrected chi connectivity index (χ3v) is 3.07. The molecule has 0 spiro atoms. The van der Waals surface area contributed by atoms with Crippen molar-refractivity contribution in [3.8, 4) is 0 Å². The van der Waals surface area contributed by atoms with E-state index in [0.717, 1.165) is 16.7 Å². The maximum absolute atomic E-state index is 12.0. The number of nitrogens with zero attached hydrogens (tertiary/aromatic N) is 1. The van der Waals surface area contributed by atoms with Crippen LogP contribution in [0.5, 0.6) is 0 Å². The highest BCUT2D eigenvalue weighted by molar-refractivity contribution is 8.14. The van der Waals surface area contributed by atoms with Gasteiger partial charge in [0.2, 0.25) is 0 Å². The van der Waals surface area contributed by atoms with Crippen LogP contribution in [-0.4, -0.2) is 45.2 Å². The van der Waals surface area contributed by atoms with Crippen LogP contribution >= 0.6 is 11.8 Å². The van der Waals surface area contributed by atoms with Crippen molar-refractivity contribution >= 4 is 29.1 Å². The van der Waals surface area contributed by atoms with Gasteiger partial charge in [-0.05, 0) is 41.5 Å². The predicted octanol–water partition coefficient (Wildman–Crippen LogP) is 2.80. The quantitative estimate of drug-likeness (QED) is 0.694.